The van der Waals surface area contributed by atoms with Gasteiger partial charge in [-0.2, -0.15) is 0 Å². The van der Waals surface area contributed by atoms with Gasteiger partial charge in [0, 0.05) is 21.9 Å². The van der Waals surface area contributed by atoms with Crippen LogP contribution in [0.1, 0.15) is 0 Å². The van der Waals surface area contributed by atoms with Crippen molar-refractivity contribution in [2.45, 2.75) is 0 Å². The van der Waals surface area contributed by atoms with Gasteiger partial charge in [0.05, 0.1) is 0 Å². The molecular formula is C76H46O. The lowest BCUT2D eigenvalue weighted by atomic mass is 9.84. The summed E-state index contributed by atoms with van der Waals surface area (Å²) in [6.45, 7) is 0. The lowest BCUT2D eigenvalue weighted by Crippen LogP contribution is -1.92. The zero-order valence-corrected chi connectivity index (χ0v) is 42.0. The molecule has 1 nitrogen and oxygen atoms in total. The van der Waals surface area contributed by atoms with E-state index in [0.29, 0.717) is 0 Å². The molecule has 0 aliphatic rings. The zero-order valence-electron chi connectivity index (χ0n) is 42.0. The molecule has 0 bridgehead atoms. The van der Waals surface area contributed by atoms with E-state index in [9.17, 15) is 0 Å². The summed E-state index contributed by atoms with van der Waals surface area (Å²) < 4.78 is 6.66. The van der Waals surface area contributed by atoms with Crippen LogP contribution in [-0.4, -0.2) is 0 Å². The molecule has 356 valence electrons. The average molecular weight is 975 g/mol. The van der Waals surface area contributed by atoms with Crippen molar-refractivity contribution >= 4 is 97.3 Å². The molecule has 0 fully saturated rings. The summed E-state index contributed by atoms with van der Waals surface area (Å²) >= 11 is 0. The van der Waals surface area contributed by atoms with E-state index >= 15 is 0 Å². The average Bonchev–Trinajstić information content (AvgIpc) is 4.07. The van der Waals surface area contributed by atoms with Gasteiger partial charge in [0.25, 0.3) is 0 Å². The first-order valence-corrected chi connectivity index (χ1v) is 26.6. The van der Waals surface area contributed by atoms with E-state index in [1.54, 1.807) is 0 Å². The Kier molecular flexibility index (Phi) is 9.71. The molecular weight excluding hydrogens is 929 g/mol. The molecule has 16 rings (SSSR count). The van der Waals surface area contributed by atoms with E-state index in [1.807, 2.05) is 6.07 Å². The van der Waals surface area contributed by atoms with Gasteiger partial charge >= 0.3 is 0 Å². The fourth-order valence-corrected chi connectivity index (χ4v) is 12.9. The first kappa shape index (κ1) is 43.3. The van der Waals surface area contributed by atoms with Crippen molar-refractivity contribution in [3.63, 3.8) is 0 Å². The van der Waals surface area contributed by atoms with Crippen molar-refractivity contribution in [2.24, 2.45) is 0 Å². The molecule has 0 amide bonds. The maximum absolute atomic E-state index is 6.66. The Labute approximate surface area is 445 Å². The minimum atomic E-state index is 0.907. The summed E-state index contributed by atoms with van der Waals surface area (Å²) in [5, 5.41) is 19.5. The van der Waals surface area contributed by atoms with E-state index in [0.717, 1.165) is 27.5 Å². The van der Waals surface area contributed by atoms with Crippen LogP contribution in [0.25, 0.3) is 164 Å². The van der Waals surface area contributed by atoms with E-state index in [2.05, 4.69) is 273 Å². The predicted octanol–water partition coefficient (Wildman–Crippen LogP) is 21.7. The molecule has 1 heterocycles. The fraction of sp³-hybridized carbons (Fsp3) is 0. The SMILES string of the molecule is c1cc(-c2ccc3ccc(-c4ccc5ccc(-c6c7ccccc7c(-c7cccc8c7oc7ccccc78)c7ccccc67)cc5c4)cc3c2)cc(-c2c3ccccc3c(-c3cccc4ccccc34)c3ccccc23)c1. The number of hydrogen-bond acceptors (Lipinski definition) is 1. The van der Waals surface area contributed by atoms with Crippen LogP contribution in [0.15, 0.2) is 283 Å². The van der Waals surface area contributed by atoms with Gasteiger partial charge in [0.2, 0.25) is 0 Å². The van der Waals surface area contributed by atoms with Crippen molar-refractivity contribution in [3.8, 4) is 66.8 Å². The minimum absolute atomic E-state index is 0.907. The predicted molar refractivity (Wildman–Crippen MR) is 329 cm³/mol. The highest BCUT2D eigenvalue weighted by Crippen LogP contribution is 2.49. The van der Waals surface area contributed by atoms with Crippen LogP contribution in [-0.2, 0) is 0 Å². The highest BCUT2D eigenvalue weighted by Gasteiger charge is 2.22. The third kappa shape index (κ3) is 6.88. The summed E-state index contributed by atoms with van der Waals surface area (Å²) in [5.41, 5.74) is 16.4. The number of hydrogen-bond donors (Lipinski definition) is 0. The lowest BCUT2D eigenvalue weighted by Gasteiger charge is -2.19. The molecule has 77 heavy (non-hydrogen) atoms. The molecule has 16 aromatic rings. The molecule has 1 aromatic heterocycles. The van der Waals surface area contributed by atoms with Crippen molar-refractivity contribution in [3.05, 3.63) is 279 Å². The Balaban J connectivity index is 0.787. The summed E-state index contributed by atoms with van der Waals surface area (Å²) in [5.74, 6) is 0. The molecule has 0 spiro atoms. The zero-order chi connectivity index (χ0) is 50.6. The van der Waals surface area contributed by atoms with Crippen LogP contribution in [0.4, 0.5) is 0 Å². The van der Waals surface area contributed by atoms with Gasteiger partial charge in [-0.25, -0.2) is 0 Å². The maximum Gasteiger partial charge on any atom is 0.143 e. The highest BCUT2D eigenvalue weighted by molar-refractivity contribution is 6.26. The van der Waals surface area contributed by atoms with Crippen LogP contribution in [0.3, 0.4) is 0 Å². The third-order valence-corrected chi connectivity index (χ3v) is 16.4. The van der Waals surface area contributed by atoms with Crippen molar-refractivity contribution in [1.29, 1.82) is 0 Å². The Morgan fingerprint density at radius 2 is 0.532 bits per heavy atom. The van der Waals surface area contributed by atoms with E-state index in [4.69, 9.17) is 4.42 Å². The summed E-state index contributed by atoms with van der Waals surface area (Å²) in [7, 11) is 0. The van der Waals surface area contributed by atoms with Crippen LogP contribution in [0.5, 0.6) is 0 Å². The van der Waals surface area contributed by atoms with Crippen LogP contribution < -0.4 is 0 Å². The summed E-state index contributed by atoms with van der Waals surface area (Å²) in [6, 6.07) is 103. The van der Waals surface area contributed by atoms with Gasteiger partial charge in [-0.1, -0.05) is 243 Å². The first-order chi connectivity index (χ1) is 38.2. The maximum atomic E-state index is 6.66. The Bertz CT molecular complexity index is 4990. The van der Waals surface area contributed by atoms with E-state index < -0.39 is 0 Å². The molecule has 0 N–H and O–H groups in total. The molecule has 0 saturated heterocycles. The molecule has 0 atom stereocenters. The second-order valence-electron chi connectivity index (χ2n) is 20.6. The quantitative estimate of drug-likeness (QED) is 0.151. The second-order valence-corrected chi connectivity index (χ2v) is 20.6. The molecule has 0 aliphatic carbocycles. The van der Waals surface area contributed by atoms with Gasteiger partial charge in [-0.3, -0.25) is 0 Å². The summed E-state index contributed by atoms with van der Waals surface area (Å²) in [4.78, 5) is 0. The summed E-state index contributed by atoms with van der Waals surface area (Å²) in [6.07, 6.45) is 0. The minimum Gasteiger partial charge on any atom is -0.455 e. The molecule has 15 aromatic carbocycles. The molecule has 0 radical (unpaired) electrons. The Morgan fingerprint density at radius 1 is 0.182 bits per heavy atom. The van der Waals surface area contributed by atoms with Gasteiger partial charge in [0.15, 0.2) is 0 Å². The molecule has 0 unspecified atom stereocenters. The number of benzene rings is 15. The van der Waals surface area contributed by atoms with Gasteiger partial charge < -0.3 is 4.42 Å². The Morgan fingerprint density at radius 3 is 1.09 bits per heavy atom. The van der Waals surface area contributed by atoms with Crippen molar-refractivity contribution in [2.75, 3.05) is 0 Å². The van der Waals surface area contributed by atoms with E-state index in [1.165, 1.54) is 137 Å². The largest absolute Gasteiger partial charge is 0.455 e. The van der Waals surface area contributed by atoms with Gasteiger partial charge in [-0.05, 0) is 167 Å². The molecule has 1 heteroatoms. The number of furan rings is 1. The molecule has 0 saturated carbocycles. The number of rotatable bonds is 6. The van der Waals surface area contributed by atoms with Crippen molar-refractivity contribution in [1.82, 2.24) is 0 Å². The fourth-order valence-electron chi connectivity index (χ4n) is 12.9. The standard InChI is InChI=1S/C76H46O/c1-2-20-58-49(16-1)17-14-30-60(58)74-65-26-7-3-22-61(65)72(62-23-4-8-27-66(62)74)54-19-13-18-50(42-54)51-38-34-47-35-39-52(44-56(47)43-51)53-40-36-48-37-41-55(46-57(48)45-53)73-63-24-5-9-28-67(63)75(68-29-10-6-25-64(68)73)70-32-15-31-69-59-21-11-12-33-71(59)77-76(69)70/h1-46H. The van der Waals surface area contributed by atoms with Crippen LogP contribution in [0, 0.1) is 0 Å². The van der Waals surface area contributed by atoms with Crippen molar-refractivity contribution < 1.29 is 4.42 Å². The number of fused-ring (bicyclic) bond motifs is 10. The first-order valence-electron chi connectivity index (χ1n) is 26.6. The normalized spacial score (nSPS) is 11.9. The van der Waals surface area contributed by atoms with Crippen LogP contribution >= 0.6 is 0 Å². The number of para-hydroxylation sites is 2. The highest BCUT2D eigenvalue weighted by atomic mass is 16.3. The topological polar surface area (TPSA) is 13.1 Å². The monoisotopic (exact) mass is 974 g/mol. The third-order valence-electron chi connectivity index (χ3n) is 16.4. The Hall–Kier alpha value is -10.1. The smallest absolute Gasteiger partial charge is 0.143 e. The lowest BCUT2D eigenvalue weighted by molar-refractivity contribution is 0.670. The second kappa shape index (κ2) is 17.2. The molecule has 0 aliphatic heterocycles. The van der Waals surface area contributed by atoms with Gasteiger partial charge in [0.1, 0.15) is 11.2 Å². The van der Waals surface area contributed by atoms with E-state index in [-0.39, 0.29) is 0 Å². The van der Waals surface area contributed by atoms with Crippen LogP contribution in [0.2, 0.25) is 0 Å². The van der Waals surface area contributed by atoms with Gasteiger partial charge in [-0.15, -0.1) is 0 Å².